The molecule has 1 atom stereocenters. The van der Waals surface area contributed by atoms with Crippen molar-refractivity contribution >= 4 is 23.2 Å². The van der Waals surface area contributed by atoms with Crippen molar-refractivity contribution < 1.29 is 4.74 Å². The second-order valence-corrected chi connectivity index (χ2v) is 5.03. The lowest BCUT2D eigenvalue weighted by Gasteiger charge is -2.34. The lowest BCUT2D eigenvalue weighted by atomic mass is 10.2. The van der Waals surface area contributed by atoms with E-state index in [2.05, 4.69) is 26.9 Å². The Hall–Kier alpha value is -1.40. The fraction of sp³-hybridized carbons (Fsp3) is 0.583. The van der Waals surface area contributed by atoms with Gasteiger partial charge in [-0.3, -0.25) is 0 Å². The van der Waals surface area contributed by atoms with E-state index in [0.29, 0.717) is 17.5 Å². The van der Waals surface area contributed by atoms with Crippen molar-refractivity contribution in [2.75, 3.05) is 24.6 Å². The summed E-state index contributed by atoms with van der Waals surface area (Å²) in [6.45, 7) is 6.47. The SMILES string of the molecule is CCC1CN(c2c(C)c(Cl)nc3ncnn23)CCO1. The molecule has 19 heavy (non-hydrogen) atoms. The van der Waals surface area contributed by atoms with Crippen LogP contribution in [0, 0.1) is 6.92 Å². The predicted molar refractivity (Wildman–Crippen MR) is 72.8 cm³/mol. The van der Waals surface area contributed by atoms with Crippen LogP contribution in [-0.4, -0.2) is 45.4 Å². The van der Waals surface area contributed by atoms with Gasteiger partial charge in [0.05, 0.1) is 12.7 Å². The molecular formula is C12H16ClN5O. The molecule has 1 saturated heterocycles. The summed E-state index contributed by atoms with van der Waals surface area (Å²) < 4.78 is 7.46. The van der Waals surface area contributed by atoms with Crippen LogP contribution < -0.4 is 4.90 Å². The molecule has 0 bridgehead atoms. The van der Waals surface area contributed by atoms with Gasteiger partial charge in [0.15, 0.2) is 0 Å². The van der Waals surface area contributed by atoms with Gasteiger partial charge in [-0.2, -0.15) is 19.6 Å². The highest BCUT2D eigenvalue weighted by atomic mass is 35.5. The van der Waals surface area contributed by atoms with Crippen LogP contribution in [0.2, 0.25) is 5.15 Å². The maximum absolute atomic E-state index is 6.19. The molecule has 0 radical (unpaired) electrons. The molecule has 6 nitrogen and oxygen atoms in total. The second-order valence-electron chi connectivity index (χ2n) is 4.67. The Morgan fingerprint density at radius 3 is 3.16 bits per heavy atom. The molecule has 2 aromatic heterocycles. The number of aromatic nitrogens is 4. The van der Waals surface area contributed by atoms with Crippen molar-refractivity contribution in [2.45, 2.75) is 26.4 Å². The van der Waals surface area contributed by atoms with Crippen molar-refractivity contribution in [1.29, 1.82) is 0 Å². The Morgan fingerprint density at radius 2 is 2.37 bits per heavy atom. The van der Waals surface area contributed by atoms with E-state index in [4.69, 9.17) is 16.3 Å². The van der Waals surface area contributed by atoms with Gasteiger partial charge in [0.1, 0.15) is 17.3 Å². The topological polar surface area (TPSA) is 55.6 Å². The largest absolute Gasteiger partial charge is 0.375 e. The highest BCUT2D eigenvalue weighted by Crippen LogP contribution is 2.27. The van der Waals surface area contributed by atoms with Crippen molar-refractivity contribution in [3.05, 3.63) is 17.0 Å². The van der Waals surface area contributed by atoms with Gasteiger partial charge in [-0.05, 0) is 13.3 Å². The van der Waals surface area contributed by atoms with E-state index in [1.165, 1.54) is 6.33 Å². The van der Waals surface area contributed by atoms with E-state index in [1.54, 1.807) is 4.52 Å². The third-order valence-electron chi connectivity index (χ3n) is 3.47. The molecule has 7 heteroatoms. The van der Waals surface area contributed by atoms with Crippen molar-refractivity contribution in [3.8, 4) is 0 Å². The quantitative estimate of drug-likeness (QED) is 0.784. The fourth-order valence-corrected chi connectivity index (χ4v) is 2.57. The number of ether oxygens (including phenoxy) is 1. The Bertz CT molecular complexity index is 599. The van der Waals surface area contributed by atoms with Gasteiger partial charge < -0.3 is 9.64 Å². The van der Waals surface area contributed by atoms with E-state index in [0.717, 1.165) is 30.9 Å². The first kappa shape index (κ1) is 12.6. The third kappa shape index (κ3) is 2.15. The van der Waals surface area contributed by atoms with Crippen LogP contribution >= 0.6 is 11.6 Å². The summed E-state index contributed by atoms with van der Waals surface area (Å²) in [5.74, 6) is 1.50. The van der Waals surface area contributed by atoms with Crippen molar-refractivity contribution in [1.82, 2.24) is 19.6 Å². The second kappa shape index (κ2) is 4.94. The molecule has 0 spiro atoms. The fourth-order valence-electron chi connectivity index (χ4n) is 2.41. The monoisotopic (exact) mass is 281 g/mol. The minimum atomic E-state index is 0.249. The molecule has 3 heterocycles. The zero-order valence-electron chi connectivity index (χ0n) is 11.0. The molecule has 0 saturated carbocycles. The lowest BCUT2D eigenvalue weighted by Crippen LogP contribution is -2.43. The molecule has 0 N–H and O–H groups in total. The number of morpholine rings is 1. The zero-order chi connectivity index (χ0) is 13.4. The molecule has 102 valence electrons. The Kier molecular flexibility index (Phi) is 3.28. The van der Waals surface area contributed by atoms with Gasteiger partial charge >= 0.3 is 0 Å². The Labute approximate surface area is 116 Å². The van der Waals surface area contributed by atoms with Crippen LogP contribution in [0.1, 0.15) is 18.9 Å². The average molecular weight is 282 g/mol. The molecule has 3 rings (SSSR count). The van der Waals surface area contributed by atoms with Gasteiger partial charge in [-0.25, -0.2) is 0 Å². The summed E-state index contributed by atoms with van der Waals surface area (Å²) in [5.41, 5.74) is 0.927. The maximum Gasteiger partial charge on any atom is 0.255 e. The van der Waals surface area contributed by atoms with E-state index < -0.39 is 0 Å². The van der Waals surface area contributed by atoms with Crippen LogP contribution in [0.3, 0.4) is 0 Å². The first-order valence-electron chi connectivity index (χ1n) is 6.43. The molecule has 1 fully saturated rings. The average Bonchev–Trinajstić information content (AvgIpc) is 2.87. The highest BCUT2D eigenvalue weighted by Gasteiger charge is 2.24. The summed E-state index contributed by atoms with van der Waals surface area (Å²) in [4.78, 5) is 10.6. The highest BCUT2D eigenvalue weighted by molar-refractivity contribution is 6.30. The maximum atomic E-state index is 6.19. The number of fused-ring (bicyclic) bond motifs is 1. The van der Waals surface area contributed by atoms with Crippen LogP contribution in [0.4, 0.5) is 5.82 Å². The van der Waals surface area contributed by atoms with E-state index >= 15 is 0 Å². The van der Waals surface area contributed by atoms with Crippen LogP contribution in [0.5, 0.6) is 0 Å². The Morgan fingerprint density at radius 1 is 1.53 bits per heavy atom. The number of halogens is 1. The molecular weight excluding hydrogens is 266 g/mol. The van der Waals surface area contributed by atoms with E-state index in [9.17, 15) is 0 Å². The molecule has 0 aliphatic carbocycles. The molecule has 2 aromatic rings. The van der Waals surface area contributed by atoms with Gasteiger partial charge in [0.25, 0.3) is 5.78 Å². The van der Waals surface area contributed by atoms with Crippen LogP contribution in [0.25, 0.3) is 5.78 Å². The standard InChI is InChI=1S/C12H16ClN5O/c1-3-9-6-17(4-5-19-9)11-8(2)10(13)16-12-14-7-15-18(11)12/h7,9H,3-6H2,1-2H3. The minimum Gasteiger partial charge on any atom is -0.375 e. The summed E-state index contributed by atoms with van der Waals surface area (Å²) in [6.07, 6.45) is 2.74. The number of rotatable bonds is 2. The molecule has 1 aliphatic heterocycles. The van der Waals surface area contributed by atoms with Crippen LogP contribution in [-0.2, 0) is 4.74 Å². The van der Waals surface area contributed by atoms with Crippen LogP contribution in [0.15, 0.2) is 6.33 Å². The summed E-state index contributed by atoms with van der Waals surface area (Å²) >= 11 is 6.19. The first-order chi connectivity index (χ1) is 9.20. The van der Waals surface area contributed by atoms with E-state index in [1.807, 2.05) is 6.92 Å². The van der Waals surface area contributed by atoms with Gasteiger partial charge in [0.2, 0.25) is 0 Å². The predicted octanol–water partition coefficient (Wildman–Crippen LogP) is 1.70. The van der Waals surface area contributed by atoms with Crippen molar-refractivity contribution in [2.24, 2.45) is 0 Å². The molecule has 0 amide bonds. The molecule has 0 aromatic carbocycles. The normalized spacial score (nSPS) is 20.2. The summed E-state index contributed by atoms with van der Waals surface area (Å²) in [6, 6.07) is 0. The smallest absolute Gasteiger partial charge is 0.255 e. The third-order valence-corrected chi connectivity index (χ3v) is 3.84. The summed E-state index contributed by atoms with van der Waals surface area (Å²) in [5, 5.41) is 4.73. The Balaban J connectivity index is 2.08. The summed E-state index contributed by atoms with van der Waals surface area (Å²) in [7, 11) is 0. The van der Waals surface area contributed by atoms with Gasteiger partial charge in [-0.1, -0.05) is 18.5 Å². The van der Waals surface area contributed by atoms with Gasteiger partial charge in [-0.15, -0.1) is 0 Å². The molecule has 1 unspecified atom stereocenters. The minimum absolute atomic E-state index is 0.249. The number of hydrogen-bond acceptors (Lipinski definition) is 5. The number of anilines is 1. The number of hydrogen-bond donors (Lipinski definition) is 0. The van der Waals surface area contributed by atoms with Crippen molar-refractivity contribution in [3.63, 3.8) is 0 Å². The first-order valence-corrected chi connectivity index (χ1v) is 6.81. The van der Waals surface area contributed by atoms with Gasteiger partial charge in [0, 0.05) is 18.7 Å². The van der Waals surface area contributed by atoms with E-state index in [-0.39, 0.29) is 6.10 Å². The lowest BCUT2D eigenvalue weighted by molar-refractivity contribution is 0.0380. The number of nitrogens with zero attached hydrogens (tertiary/aromatic N) is 5. The zero-order valence-corrected chi connectivity index (χ0v) is 11.8. The molecule has 1 aliphatic rings.